The van der Waals surface area contributed by atoms with E-state index in [0.717, 1.165) is 23.0 Å². The molecule has 0 atom stereocenters. The molecule has 0 aliphatic rings. The number of carbonyl (C=O) groups is 1. The lowest BCUT2D eigenvalue weighted by atomic mass is 10.1. The molecule has 4 heteroatoms. The number of fused-ring (bicyclic) bond motifs is 1. The Balaban J connectivity index is 2.50. The molecule has 108 valence electrons. The molecule has 0 aliphatic carbocycles. The van der Waals surface area contributed by atoms with Gasteiger partial charge in [0, 0.05) is 23.5 Å². The summed E-state index contributed by atoms with van der Waals surface area (Å²) < 4.78 is 7.18. The van der Waals surface area contributed by atoms with Crippen molar-refractivity contribution >= 4 is 17.0 Å². The molecule has 0 radical (unpaired) electrons. The predicted octanol–water partition coefficient (Wildman–Crippen LogP) is 4.02. The van der Waals surface area contributed by atoms with Crippen LogP contribution < -0.4 is 0 Å². The maximum atomic E-state index is 12.5. The monoisotopic (exact) mass is 274 g/mol. The molecule has 0 aliphatic heterocycles. The van der Waals surface area contributed by atoms with Crippen LogP contribution in [0.4, 0.5) is 4.79 Å². The van der Waals surface area contributed by atoms with E-state index >= 15 is 0 Å². The highest BCUT2D eigenvalue weighted by Crippen LogP contribution is 2.23. The highest BCUT2D eigenvalue weighted by atomic mass is 16.6. The SMILES string of the molecule is CC(C)Cc1cc2cnccc2n1C(=O)OC(C)(C)C. The molecule has 20 heavy (non-hydrogen) atoms. The van der Waals surface area contributed by atoms with Crippen molar-refractivity contribution in [3.8, 4) is 0 Å². The van der Waals surface area contributed by atoms with Crippen LogP contribution in [0.1, 0.15) is 40.3 Å². The van der Waals surface area contributed by atoms with Crippen molar-refractivity contribution in [1.82, 2.24) is 9.55 Å². The predicted molar refractivity (Wildman–Crippen MR) is 79.9 cm³/mol. The molecule has 4 nitrogen and oxygen atoms in total. The summed E-state index contributed by atoms with van der Waals surface area (Å²) in [7, 11) is 0. The molecule has 0 fully saturated rings. The number of nitrogens with zero attached hydrogens (tertiary/aromatic N) is 2. The zero-order valence-electron chi connectivity index (χ0n) is 12.8. The molecule has 0 bridgehead atoms. The van der Waals surface area contributed by atoms with Gasteiger partial charge in [-0.05, 0) is 45.2 Å². The van der Waals surface area contributed by atoms with Crippen LogP contribution in [0.25, 0.3) is 10.9 Å². The summed E-state index contributed by atoms with van der Waals surface area (Å²) in [6.07, 6.45) is 3.98. The molecule has 0 aromatic carbocycles. The van der Waals surface area contributed by atoms with Crippen molar-refractivity contribution in [2.45, 2.75) is 46.6 Å². The van der Waals surface area contributed by atoms with Crippen LogP contribution in [0.5, 0.6) is 0 Å². The van der Waals surface area contributed by atoms with Gasteiger partial charge in [0.05, 0.1) is 5.52 Å². The fourth-order valence-electron chi connectivity index (χ4n) is 2.20. The summed E-state index contributed by atoms with van der Waals surface area (Å²) in [5.74, 6) is 0.466. The van der Waals surface area contributed by atoms with Gasteiger partial charge in [0.15, 0.2) is 0 Å². The number of ether oxygens (including phenoxy) is 1. The van der Waals surface area contributed by atoms with Gasteiger partial charge in [0.25, 0.3) is 0 Å². The van der Waals surface area contributed by atoms with Gasteiger partial charge in [0.2, 0.25) is 0 Å². The van der Waals surface area contributed by atoms with Gasteiger partial charge < -0.3 is 4.74 Å². The minimum Gasteiger partial charge on any atom is -0.443 e. The molecule has 2 aromatic heterocycles. The second-order valence-corrected chi connectivity index (χ2v) is 6.48. The van der Waals surface area contributed by atoms with Crippen molar-refractivity contribution in [2.24, 2.45) is 5.92 Å². The zero-order chi connectivity index (χ0) is 14.9. The van der Waals surface area contributed by atoms with Gasteiger partial charge in [-0.15, -0.1) is 0 Å². The highest BCUT2D eigenvalue weighted by Gasteiger charge is 2.22. The molecule has 0 saturated heterocycles. The van der Waals surface area contributed by atoms with Crippen LogP contribution in [0, 0.1) is 5.92 Å². The molecule has 0 spiro atoms. The minimum atomic E-state index is -0.504. The van der Waals surface area contributed by atoms with E-state index in [4.69, 9.17) is 4.74 Å². The van der Waals surface area contributed by atoms with Crippen molar-refractivity contribution < 1.29 is 9.53 Å². The molecule has 0 saturated carbocycles. The molecular formula is C16H22N2O2. The number of aromatic nitrogens is 2. The van der Waals surface area contributed by atoms with Crippen molar-refractivity contribution in [1.29, 1.82) is 0 Å². The van der Waals surface area contributed by atoms with Gasteiger partial charge in [-0.3, -0.25) is 4.98 Å². The third kappa shape index (κ3) is 3.18. The Morgan fingerprint density at radius 1 is 1.40 bits per heavy atom. The summed E-state index contributed by atoms with van der Waals surface area (Å²) in [4.78, 5) is 16.6. The fourth-order valence-corrected chi connectivity index (χ4v) is 2.20. The Bertz CT molecular complexity index is 621. The third-order valence-electron chi connectivity index (χ3n) is 2.87. The molecule has 2 aromatic rings. The van der Waals surface area contributed by atoms with Crippen molar-refractivity contribution in [3.63, 3.8) is 0 Å². The fraction of sp³-hybridized carbons (Fsp3) is 0.500. The van der Waals surface area contributed by atoms with E-state index in [9.17, 15) is 4.79 Å². The van der Waals surface area contributed by atoms with Gasteiger partial charge in [0.1, 0.15) is 5.60 Å². The van der Waals surface area contributed by atoms with Crippen LogP contribution in [-0.2, 0) is 11.2 Å². The summed E-state index contributed by atoms with van der Waals surface area (Å²) in [6, 6.07) is 3.87. The first-order valence-corrected chi connectivity index (χ1v) is 6.95. The summed E-state index contributed by atoms with van der Waals surface area (Å²) in [6.45, 7) is 9.89. The Labute approximate surface area is 119 Å². The van der Waals surface area contributed by atoms with E-state index in [0.29, 0.717) is 5.92 Å². The van der Waals surface area contributed by atoms with Crippen molar-refractivity contribution in [3.05, 3.63) is 30.2 Å². The van der Waals surface area contributed by atoms with E-state index in [1.54, 1.807) is 17.0 Å². The first kappa shape index (κ1) is 14.6. The second-order valence-electron chi connectivity index (χ2n) is 6.48. The van der Waals surface area contributed by atoms with Crippen molar-refractivity contribution in [2.75, 3.05) is 0 Å². The third-order valence-corrected chi connectivity index (χ3v) is 2.87. The maximum Gasteiger partial charge on any atom is 0.419 e. The molecular weight excluding hydrogens is 252 g/mol. The average Bonchev–Trinajstić information content (AvgIpc) is 2.63. The topological polar surface area (TPSA) is 44.1 Å². The van der Waals surface area contributed by atoms with E-state index in [-0.39, 0.29) is 6.09 Å². The van der Waals surface area contributed by atoms with Gasteiger partial charge in [-0.2, -0.15) is 0 Å². The standard InChI is InChI=1S/C16H22N2O2/c1-11(2)8-13-9-12-10-17-7-6-14(12)18(13)15(19)20-16(3,4)5/h6-7,9-11H,8H2,1-5H3. The van der Waals surface area contributed by atoms with Crippen LogP contribution in [0.3, 0.4) is 0 Å². The van der Waals surface area contributed by atoms with Crippen LogP contribution in [-0.4, -0.2) is 21.2 Å². The average molecular weight is 274 g/mol. The van der Waals surface area contributed by atoms with Gasteiger partial charge >= 0.3 is 6.09 Å². The summed E-state index contributed by atoms with van der Waals surface area (Å²) in [5.41, 5.74) is 1.32. The number of hydrogen-bond acceptors (Lipinski definition) is 3. The quantitative estimate of drug-likeness (QED) is 0.830. The van der Waals surface area contributed by atoms with E-state index < -0.39 is 5.60 Å². The smallest absolute Gasteiger partial charge is 0.419 e. The van der Waals surface area contributed by atoms with Crippen LogP contribution in [0.15, 0.2) is 24.5 Å². The molecule has 0 N–H and O–H groups in total. The lowest BCUT2D eigenvalue weighted by Gasteiger charge is -2.21. The minimum absolute atomic E-state index is 0.325. The van der Waals surface area contributed by atoms with Crippen LogP contribution in [0.2, 0.25) is 0 Å². The summed E-state index contributed by atoms with van der Waals surface area (Å²) >= 11 is 0. The maximum absolute atomic E-state index is 12.5. The van der Waals surface area contributed by atoms with Gasteiger partial charge in [-0.1, -0.05) is 13.8 Å². The number of hydrogen-bond donors (Lipinski definition) is 0. The molecule has 0 unspecified atom stereocenters. The lowest BCUT2D eigenvalue weighted by Crippen LogP contribution is -2.28. The largest absolute Gasteiger partial charge is 0.443 e. The van der Waals surface area contributed by atoms with Crippen LogP contribution >= 0.6 is 0 Å². The van der Waals surface area contributed by atoms with Gasteiger partial charge in [-0.25, -0.2) is 9.36 Å². The number of pyridine rings is 1. The lowest BCUT2D eigenvalue weighted by molar-refractivity contribution is 0.0540. The number of rotatable bonds is 2. The Morgan fingerprint density at radius 3 is 2.70 bits per heavy atom. The van der Waals surface area contributed by atoms with E-state index in [2.05, 4.69) is 18.8 Å². The van der Waals surface area contributed by atoms with E-state index in [1.165, 1.54) is 0 Å². The summed E-state index contributed by atoms with van der Waals surface area (Å²) in [5, 5.41) is 0.967. The highest BCUT2D eigenvalue weighted by molar-refractivity contribution is 5.90. The van der Waals surface area contributed by atoms with E-state index in [1.807, 2.05) is 32.9 Å². The first-order chi connectivity index (χ1) is 9.28. The zero-order valence-corrected chi connectivity index (χ0v) is 12.8. The molecule has 0 amide bonds. The normalized spacial score (nSPS) is 12.1. The molecule has 2 rings (SSSR count). The Kier molecular flexibility index (Phi) is 3.84. The first-order valence-electron chi connectivity index (χ1n) is 6.95. The second kappa shape index (κ2) is 5.27. The number of carbonyl (C=O) groups excluding carboxylic acids is 1. The Hall–Kier alpha value is -1.84. The Morgan fingerprint density at radius 2 is 2.10 bits per heavy atom. The molecule has 2 heterocycles.